The number of aromatic hydroxyl groups is 1. The zero-order valence-corrected chi connectivity index (χ0v) is 10.4. The fourth-order valence-corrected chi connectivity index (χ4v) is 2.72. The molecule has 1 amide bonds. The standard InChI is InChI=1S/C12H15N3O3/c1-7-5-13-6-14-4-3-8(2)15(14)12(18)9(13)11(17)10(7)16/h5,8,17H,3-4,6H2,1-2H3. The van der Waals surface area contributed by atoms with Crippen LogP contribution in [-0.4, -0.2) is 38.2 Å². The molecule has 1 atom stereocenters. The average molecular weight is 249 g/mol. The molecule has 6 nitrogen and oxygen atoms in total. The monoisotopic (exact) mass is 249 g/mol. The molecule has 1 saturated heterocycles. The molecule has 3 rings (SSSR count). The first-order valence-corrected chi connectivity index (χ1v) is 6.02. The third-order valence-corrected chi connectivity index (χ3v) is 3.69. The first-order valence-electron chi connectivity index (χ1n) is 6.02. The van der Waals surface area contributed by atoms with E-state index in [0.29, 0.717) is 12.2 Å². The van der Waals surface area contributed by atoms with E-state index >= 15 is 0 Å². The molecule has 2 aliphatic heterocycles. The summed E-state index contributed by atoms with van der Waals surface area (Å²) in [6, 6.07) is 0.113. The summed E-state index contributed by atoms with van der Waals surface area (Å²) in [5.74, 6) is -0.723. The van der Waals surface area contributed by atoms with Gasteiger partial charge in [-0.2, -0.15) is 5.01 Å². The Balaban J connectivity index is 2.20. The highest BCUT2D eigenvalue weighted by molar-refractivity contribution is 5.95. The number of hydrazine groups is 1. The second kappa shape index (κ2) is 3.58. The van der Waals surface area contributed by atoms with Crippen LogP contribution in [0.4, 0.5) is 0 Å². The molecule has 0 spiro atoms. The van der Waals surface area contributed by atoms with Crippen molar-refractivity contribution in [1.29, 1.82) is 0 Å². The molecule has 0 saturated carbocycles. The van der Waals surface area contributed by atoms with Crippen molar-refractivity contribution >= 4 is 5.91 Å². The summed E-state index contributed by atoms with van der Waals surface area (Å²) in [6.45, 7) is 4.92. The molecule has 0 aliphatic carbocycles. The van der Waals surface area contributed by atoms with Gasteiger partial charge in [0.25, 0.3) is 5.91 Å². The quantitative estimate of drug-likeness (QED) is 0.717. The number of hydrogen-bond donors (Lipinski definition) is 1. The van der Waals surface area contributed by atoms with Crippen LogP contribution in [0.15, 0.2) is 11.0 Å². The summed E-state index contributed by atoms with van der Waals surface area (Å²) in [6.07, 6.45) is 2.54. The highest BCUT2D eigenvalue weighted by atomic mass is 16.3. The topological polar surface area (TPSA) is 65.8 Å². The average Bonchev–Trinajstić information content (AvgIpc) is 2.68. The number of amides is 1. The van der Waals surface area contributed by atoms with Gasteiger partial charge in [-0.3, -0.25) is 14.6 Å². The van der Waals surface area contributed by atoms with Crippen LogP contribution in [0.5, 0.6) is 5.75 Å². The first-order chi connectivity index (χ1) is 8.50. The van der Waals surface area contributed by atoms with E-state index in [-0.39, 0.29) is 17.6 Å². The number of hydrogen-bond acceptors (Lipinski definition) is 4. The summed E-state index contributed by atoms with van der Waals surface area (Å²) >= 11 is 0. The van der Waals surface area contributed by atoms with Gasteiger partial charge >= 0.3 is 0 Å². The molecule has 18 heavy (non-hydrogen) atoms. The normalized spacial score (nSPS) is 23.1. The van der Waals surface area contributed by atoms with E-state index < -0.39 is 11.2 Å². The van der Waals surface area contributed by atoms with E-state index in [0.717, 1.165) is 13.0 Å². The van der Waals surface area contributed by atoms with Crippen molar-refractivity contribution in [3.63, 3.8) is 0 Å². The number of aryl methyl sites for hydroxylation is 1. The Bertz CT molecular complexity index is 593. The van der Waals surface area contributed by atoms with E-state index in [1.807, 2.05) is 11.9 Å². The number of pyridine rings is 1. The van der Waals surface area contributed by atoms with Gasteiger partial charge in [0.2, 0.25) is 5.43 Å². The molecule has 1 aromatic heterocycles. The van der Waals surface area contributed by atoms with Crippen molar-refractivity contribution in [3.05, 3.63) is 27.7 Å². The zero-order valence-electron chi connectivity index (χ0n) is 10.4. The van der Waals surface area contributed by atoms with Crippen molar-refractivity contribution in [2.45, 2.75) is 33.0 Å². The Morgan fingerprint density at radius 1 is 1.39 bits per heavy atom. The number of carbonyl (C=O) groups is 1. The Hall–Kier alpha value is -1.82. The smallest absolute Gasteiger partial charge is 0.289 e. The number of carbonyl (C=O) groups excluding carboxylic acids is 1. The molecule has 3 heterocycles. The molecular weight excluding hydrogens is 234 g/mol. The molecule has 96 valence electrons. The summed E-state index contributed by atoms with van der Waals surface area (Å²) in [5, 5.41) is 13.5. The predicted octanol–water partition coefficient (Wildman–Crippen LogP) is 0.285. The fourth-order valence-electron chi connectivity index (χ4n) is 2.72. The Morgan fingerprint density at radius 3 is 2.83 bits per heavy atom. The second-order valence-corrected chi connectivity index (χ2v) is 4.97. The molecule has 0 radical (unpaired) electrons. The van der Waals surface area contributed by atoms with Crippen LogP contribution in [-0.2, 0) is 6.67 Å². The van der Waals surface area contributed by atoms with Gasteiger partial charge in [-0.1, -0.05) is 0 Å². The summed E-state index contributed by atoms with van der Waals surface area (Å²) in [4.78, 5) is 24.1. The number of nitrogens with zero attached hydrogens (tertiary/aromatic N) is 3. The van der Waals surface area contributed by atoms with Crippen LogP contribution in [0.3, 0.4) is 0 Å². The van der Waals surface area contributed by atoms with Crippen molar-refractivity contribution in [3.8, 4) is 5.75 Å². The van der Waals surface area contributed by atoms with Crippen LogP contribution < -0.4 is 5.43 Å². The molecule has 1 unspecified atom stereocenters. The van der Waals surface area contributed by atoms with Gasteiger partial charge in [-0.15, -0.1) is 0 Å². The van der Waals surface area contributed by atoms with Gasteiger partial charge in [0.1, 0.15) is 0 Å². The van der Waals surface area contributed by atoms with E-state index in [1.54, 1.807) is 22.7 Å². The largest absolute Gasteiger partial charge is 0.503 e. The number of aromatic nitrogens is 1. The Labute approximate surface area is 104 Å². The highest BCUT2D eigenvalue weighted by Crippen LogP contribution is 2.28. The maximum atomic E-state index is 12.4. The van der Waals surface area contributed by atoms with Crippen molar-refractivity contribution in [1.82, 2.24) is 14.6 Å². The summed E-state index contributed by atoms with van der Waals surface area (Å²) in [5.41, 5.74) is 0.0928. The van der Waals surface area contributed by atoms with Crippen LogP contribution in [0.25, 0.3) is 0 Å². The van der Waals surface area contributed by atoms with Crippen LogP contribution in [0, 0.1) is 6.92 Å². The molecular formula is C12H15N3O3. The minimum Gasteiger partial charge on any atom is -0.503 e. The Kier molecular flexibility index (Phi) is 2.25. The van der Waals surface area contributed by atoms with Crippen LogP contribution >= 0.6 is 0 Å². The van der Waals surface area contributed by atoms with Gasteiger partial charge in [0.05, 0.1) is 6.67 Å². The third kappa shape index (κ3) is 1.32. The Morgan fingerprint density at radius 2 is 2.11 bits per heavy atom. The van der Waals surface area contributed by atoms with E-state index in [2.05, 4.69) is 0 Å². The van der Waals surface area contributed by atoms with Gasteiger partial charge in [0.15, 0.2) is 11.4 Å². The fraction of sp³-hybridized carbons (Fsp3) is 0.500. The predicted molar refractivity (Wildman–Crippen MR) is 64.1 cm³/mol. The first kappa shape index (κ1) is 11.3. The van der Waals surface area contributed by atoms with Crippen molar-refractivity contribution in [2.24, 2.45) is 0 Å². The lowest BCUT2D eigenvalue weighted by Gasteiger charge is -2.37. The molecule has 2 aliphatic rings. The van der Waals surface area contributed by atoms with E-state index in [4.69, 9.17) is 0 Å². The third-order valence-electron chi connectivity index (χ3n) is 3.69. The maximum Gasteiger partial charge on any atom is 0.289 e. The molecule has 1 aromatic rings. The van der Waals surface area contributed by atoms with E-state index in [1.165, 1.54) is 0 Å². The lowest BCUT2D eigenvalue weighted by Crippen LogP contribution is -2.50. The second-order valence-electron chi connectivity index (χ2n) is 4.97. The zero-order chi connectivity index (χ0) is 13.0. The van der Waals surface area contributed by atoms with Gasteiger partial charge in [-0.05, 0) is 20.3 Å². The van der Waals surface area contributed by atoms with Gasteiger partial charge in [0, 0.05) is 24.3 Å². The molecule has 0 aromatic carbocycles. The van der Waals surface area contributed by atoms with Gasteiger partial charge in [-0.25, -0.2) is 0 Å². The van der Waals surface area contributed by atoms with Crippen molar-refractivity contribution < 1.29 is 9.90 Å². The lowest BCUT2D eigenvalue weighted by atomic mass is 10.2. The SMILES string of the molecule is Cc1cn2c(c(O)c1=O)C(=O)N1C(C)CCN1C2. The van der Waals surface area contributed by atoms with Gasteiger partial charge < -0.3 is 9.67 Å². The van der Waals surface area contributed by atoms with Crippen LogP contribution in [0.1, 0.15) is 29.4 Å². The highest BCUT2D eigenvalue weighted by Gasteiger charge is 2.40. The minimum atomic E-state index is -0.463. The maximum absolute atomic E-state index is 12.4. The number of fused-ring (bicyclic) bond motifs is 2. The molecule has 1 N–H and O–H groups in total. The summed E-state index contributed by atoms with van der Waals surface area (Å²) < 4.78 is 1.66. The molecule has 6 heteroatoms. The number of rotatable bonds is 0. The minimum absolute atomic E-state index is 0.107. The van der Waals surface area contributed by atoms with Crippen molar-refractivity contribution in [2.75, 3.05) is 6.54 Å². The molecule has 1 fully saturated rings. The lowest BCUT2D eigenvalue weighted by molar-refractivity contribution is -0.0242. The van der Waals surface area contributed by atoms with Crippen LogP contribution in [0.2, 0.25) is 0 Å². The van der Waals surface area contributed by atoms with E-state index in [9.17, 15) is 14.7 Å². The molecule has 0 bridgehead atoms. The summed E-state index contributed by atoms with van der Waals surface area (Å²) in [7, 11) is 0.